The van der Waals surface area contributed by atoms with Gasteiger partial charge in [-0.15, -0.1) is 0 Å². The van der Waals surface area contributed by atoms with Crippen molar-refractivity contribution in [1.29, 1.82) is 0 Å². The van der Waals surface area contributed by atoms with E-state index in [1.54, 1.807) is 0 Å². The average molecular weight is 252 g/mol. The van der Waals surface area contributed by atoms with Crippen LogP contribution in [0.15, 0.2) is 0 Å². The van der Waals surface area contributed by atoms with Crippen LogP contribution in [0, 0.1) is 29.6 Å². The number of rotatable bonds is 2. The molecule has 0 saturated heterocycles. The van der Waals surface area contributed by atoms with Crippen LogP contribution in [0.5, 0.6) is 0 Å². The van der Waals surface area contributed by atoms with Gasteiger partial charge in [0.05, 0.1) is 6.10 Å². The molecule has 0 aromatic carbocycles. The molecule has 3 aliphatic carbocycles. The second-order valence-corrected chi connectivity index (χ2v) is 7.15. The number of ether oxygens (including phenoxy) is 1. The van der Waals surface area contributed by atoms with Gasteiger partial charge in [-0.05, 0) is 63.2 Å². The van der Waals surface area contributed by atoms with E-state index in [9.17, 15) is 9.90 Å². The lowest BCUT2D eigenvalue weighted by Gasteiger charge is -2.40. The first-order valence-corrected chi connectivity index (χ1v) is 7.26. The fourth-order valence-electron chi connectivity index (χ4n) is 5.29. The molecule has 3 fully saturated rings. The van der Waals surface area contributed by atoms with E-state index in [-0.39, 0.29) is 17.7 Å². The minimum Gasteiger partial charge on any atom is -0.460 e. The maximum atomic E-state index is 11.2. The Balaban J connectivity index is 1.76. The summed E-state index contributed by atoms with van der Waals surface area (Å²) in [6.07, 6.45) is 4.36. The highest BCUT2D eigenvalue weighted by molar-refractivity contribution is 5.66. The first-order valence-electron chi connectivity index (χ1n) is 7.26. The number of hydrogen-bond acceptors (Lipinski definition) is 3. The Bertz CT molecular complexity index is 363. The first-order chi connectivity index (χ1) is 8.38. The minimum absolute atomic E-state index is 0.0825. The van der Waals surface area contributed by atoms with Gasteiger partial charge in [-0.25, -0.2) is 0 Å². The molecule has 1 N–H and O–H groups in total. The third-order valence-corrected chi connectivity index (χ3v) is 5.74. The summed E-state index contributed by atoms with van der Waals surface area (Å²) >= 11 is 0. The second-order valence-electron chi connectivity index (χ2n) is 7.15. The van der Waals surface area contributed by atoms with Gasteiger partial charge in [-0.3, -0.25) is 4.79 Å². The molecule has 0 spiro atoms. The second kappa shape index (κ2) is 3.96. The third kappa shape index (κ3) is 1.78. The van der Waals surface area contributed by atoms with Gasteiger partial charge in [0.15, 0.2) is 0 Å². The smallest absolute Gasteiger partial charge is 0.303 e. The summed E-state index contributed by atoms with van der Waals surface area (Å²) in [4.78, 5) is 11.2. The van der Waals surface area contributed by atoms with Crippen molar-refractivity contribution in [3.63, 3.8) is 0 Å². The van der Waals surface area contributed by atoms with Crippen molar-refractivity contribution in [3.8, 4) is 0 Å². The van der Waals surface area contributed by atoms with Crippen LogP contribution in [0.3, 0.4) is 0 Å². The maximum Gasteiger partial charge on any atom is 0.303 e. The van der Waals surface area contributed by atoms with E-state index in [0.717, 1.165) is 24.7 Å². The van der Waals surface area contributed by atoms with Crippen LogP contribution in [0.4, 0.5) is 0 Å². The zero-order valence-electron chi connectivity index (χ0n) is 11.6. The largest absolute Gasteiger partial charge is 0.460 e. The number of aliphatic hydroxyl groups excluding tert-OH is 1. The van der Waals surface area contributed by atoms with Crippen LogP contribution in [0.2, 0.25) is 0 Å². The molecule has 0 aliphatic heterocycles. The van der Waals surface area contributed by atoms with E-state index in [1.165, 1.54) is 19.8 Å². The molecule has 3 saturated carbocycles. The van der Waals surface area contributed by atoms with Crippen LogP contribution in [-0.4, -0.2) is 22.8 Å². The lowest BCUT2D eigenvalue weighted by molar-refractivity contribution is -0.162. The summed E-state index contributed by atoms with van der Waals surface area (Å²) in [5.41, 5.74) is -0.343. The van der Waals surface area contributed by atoms with Crippen LogP contribution in [0.1, 0.15) is 46.5 Å². The Morgan fingerprint density at radius 2 is 1.78 bits per heavy atom. The summed E-state index contributed by atoms with van der Waals surface area (Å²) in [6.45, 7) is 5.61. The van der Waals surface area contributed by atoms with E-state index < -0.39 is 0 Å². The summed E-state index contributed by atoms with van der Waals surface area (Å²) in [7, 11) is 0. The van der Waals surface area contributed by atoms with Gasteiger partial charge in [0.1, 0.15) is 5.60 Å². The Labute approximate surface area is 109 Å². The number of aliphatic hydroxyl groups is 1. The normalized spacial score (nSPS) is 46.2. The highest BCUT2D eigenvalue weighted by atomic mass is 16.6. The van der Waals surface area contributed by atoms with E-state index in [0.29, 0.717) is 17.8 Å². The minimum atomic E-state index is -0.343. The van der Waals surface area contributed by atoms with E-state index in [1.807, 2.05) is 0 Å². The molecule has 2 bridgehead atoms. The zero-order chi connectivity index (χ0) is 13.1. The van der Waals surface area contributed by atoms with Gasteiger partial charge in [-0.2, -0.15) is 0 Å². The number of hydrogen-bond donors (Lipinski definition) is 1. The van der Waals surface area contributed by atoms with Gasteiger partial charge < -0.3 is 9.84 Å². The van der Waals surface area contributed by atoms with Crippen LogP contribution >= 0.6 is 0 Å². The average Bonchev–Trinajstić information content (AvgIpc) is 2.83. The quantitative estimate of drug-likeness (QED) is 0.767. The molecule has 3 nitrogen and oxygen atoms in total. The van der Waals surface area contributed by atoms with Crippen LogP contribution in [0.25, 0.3) is 0 Å². The Hall–Kier alpha value is -0.570. The number of carbonyl (C=O) groups excluding carboxylic acids is 1. The zero-order valence-corrected chi connectivity index (χ0v) is 11.6. The molecule has 0 aromatic rings. The lowest BCUT2D eigenvalue weighted by Crippen LogP contribution is -2.42. The number of carbonyl (C=O) groups is 1. The van der Waals surface area contributed by atoms with Crippen molar-refractivity contribution in [1.82, 2.24) is 0 Å². The lowest BCUT2D eigenvalue weighted by atomic mass is 9.70. The van der Waals surface area contributed by atoms with Crippen LogP contribution in [-0.2, 0) is 9.53 Å². The summed E-state index contributed by atoms with van der Waals surface area (Å²) in [5, 5.41) is 9.85. The molecule has 18 heavy (non-hydrogen) atoms. The third-order valence-electron chi connectivity index (χ3n) is 5.74. The first kappa shape index (κ1) is 12.5. The van der Waals surface area contributed by atoms with Gasteiger partial charge in [0.25, 0.3) is 0 Å². The molecule has 0 radical (unpaired) electrons. The van der Waals surface area contributed by atoms with Crippen molar-refractivity contribution in [2.75, 3.05) is 0 Å². The molecule has 102 valence electrons. The fourth-order valence-corrected chi connectivity index (χ4v) is 5.29. The molecule has 3 rings (SSSR count). The molecule has 0 amide bonds. The van der Waals surface area contributed by atoms with Crippen molar-refractivity contribution in [2.24, 2.45) is 29.6 Å². The Kier molecular flexibility index (Phi) is 2.74. The van der Waals surface area contributed by atoms with Crippen molar-refractivity contribution >= 4 is 5.97 Å². The monoisotopic (exact) mass is 252 g/mol. The molecule has 3 aliphatic rings. The van der Waals surface area contributed by atoms with Crippen molar-refractivity contribution in [2.45, 2.75) is 58.2 Å². The van der Waals surface area contributed by atoms with Crippen molar-refractivity contribution in [3.05, 3.63) is 0 Å². The molecule has 3 heteroatoms. The topological polar surface area (TPSA) is 46.5 Å². The number of fused-ring (bicyclic) bond motifs is 5. The molecule has 6 atom stereocenters. The highest BCUT2D eigenvalue weighted by Gasteiger charge is 2.59. The van der Waals surface area contributed by atoms with Gasteiger partial charge >= 0.3 is 5.97 Å². The predicted octanol–water partition coefficient (Wildman–Crippen LogP) is 2.37. The Morgan fingerprint density at radius 1 is 1.11 bits per heavy atom. The standard InChI is InChI=1S/C15H24O3/c1-8(16)18-15(2,3)14-5-9-4-13(14)12-7-10(17)6-11(9)12/h9-14,17H,4-7H2,1-3H3. The maximum absolute atomic E-state index is 11.2. The van der Waals surface area contributed by atoms with Gasteiger partial charge in [0.2, 0.25) is 0 Å². The van der Waals surface area contributed by atoms with Crippen LogP contribution < -0.4 is 0 Å². The van der Waals surface area contributed by atoms with E-state index in [2.05, 4.69) is 13.8 Å². The summed E-state index contributed by atoms with van der Waals surface area (Å²) < 4.78 is 5.55. The number of esters is 1. The highest BCUT2D eigenvalue weighted by Crippen LogP contribution is 2.63. The SMILES string of the molecule is CC(=O)OC(C)(C)C1CC2CC1C1CC(O)CC21. The fraction of sp³-hybridized carbons (Fsp3) is 0.933. The summed E-state index contributed by atoms with van der Waals surface area (Å²) in [6, 6.07) is 0. The summed E-state index contributed by atoms with van der Waals surface area (Å²) in [5.74, 6) is 3.15. The van der Waals surface area contributed by atoms with E-state index in [4.69, 9.17) is 4.74 Å². The van der Waals surface area contributed by atoms with E-state index >= 15 is 0 Å². The molecule has 0 aromatic heterocycles. The molecule has 6 unspecified atom stereocenters. The molecular weight excluding hydrogens is 228 g/mol. The molecule has 0 heterocycles. The van der Waals surface area contributed by atoms with Crippen molar-refractivity contribution < 1.29 is 14.6 Å². The van der Waals surface area contributed by atoms with Gasteiger partial charge in [-0.1, -0.05) is 0 Å². The molecular formula is C15H24O3. The van der Waals surface area contributed by atoms with Gasteiger partial charge in [0, 0.05) is 12.8 Å². The predicted molar refractivity (Wildman–Crippen MR) is 67.8 cm³/mol. The Morgan fingerprint density at radius 3 is 2.44 bits per heavy atom.